The van der Waals surface area contributed by atoms with Crippen LogP contribution in [0, 0.1) is 6.92 Å². The minimum Gasteiger partial charge on any atom is -0.487 e. The van der Waals surface area contributed by atoms with Crippen LogP contribution in [0.1, 0.15) is 16.2 Å². The number of benzene rings is 2. The molecule has 30 heavy (non-hydrogen) atoms. The second-order valence-corrected chi connectivity index (χ2v) is 7.20. The molecule has 1 fully saturated rings. The van der Waals surface area contributed by atoms with E-state index in [1.54, 1.807) is 11.0 Å². The maximum Gasteiger partial charge on any atom is 0.274 e. The molecule has 0 radical (unpaired) electrons. The Balaban J connectivity index is 1.23. The van der Waals surface area contributed by atoms with E-state index in [-0.39, 0.29) is 12.0 Å². The summed E-state index contributed by atoms with van der Waals surface area (Å²) < 4.78 is 11.4. The van der Waals surface area contributed by atoms with Crippen LogP contribution in [0.4, 0.5) is 0 Å². The number of carbonyl (C=O) groups excluding carboxylic acids is 1. The number of hydrogen-bond donors (Lipinski definition) is 1. The largest absolute Gasteiger partial charge is 0.487 e. The molecule has 0 bridgehead atoms. The van der Waals surface area contributed by atoms with Crippen molar-refractivity contribution in [2.45, 2.75) is 13.0 Å². The molecule has 0 unspecified atom stereocenters. The van der Waals surface area contributed by atoms with Crippen LogP contribution in [0.3, 0.4) is 0 Å². The first-order chi connectivity index (χ1) is 14.7. The lowest BCUT2D eigenvalue weighted by atomic mass is 10.1. The fourth-order valence-electron chi connectivity index (χ4n) is 3.31. The molecule has 1 aliphatic heterocycles. The minimum atomic E-state index is -0.0905. The third-order valence-corrected chi connectivity index (χ3v) is 4.90. The molecule has 0 spiro atoms. The van der Waals surface area contributed by atoms with E-state index in [2.05, 4.69) is 20.3 Å². The van der Waals surface area contributed by atoms with Crippen LogP contribution in [-0.4, -0.2) is 50.3 Å². The quantitative estimate of drug-likeness (QED) is 0.551. The third kappa shape index (κ3) is 3.55. The highest BCUT2D eigenvalue weighted by Gasteiger charge is 2.33. The van der Waals surface area contributed by atoms with Crippen LogP contribution >= 0.6 is 0 Å². The van der Waals surface area contributed by atoms with Crippen molar-refractivity contribution in [3.05, 3.63) is 72.1 Å². The van der Waals surface area contributed by atoms with Gasteiger partial charge in [0.2, 0.25) is 5.82 Å². The number of likely N-dealkylation sites (tertiary alicyclic amines) is 1. The van der Waals surface area contributed by atoms with Crippen molar-refractivity contribution in [1.29, 1.82) is 0 Å². The molecule has 0 aliphatic carbocycles. The van der Waals surface area contributed by atoms with Crippen LogP contribution in [0.15, 0.2) is 65.2 Å². The third-order valence-electron chi connectivity index (χ3n) is 4.90. The zero-order valence-electron chi connectivity index (χ0n) is 16.3. The Kier molecular flexibility index (Phi) is 4.51. The van der Waals surface area contributed by atoms with Crippen LogP contribution in [0.2, 0.25) is 0 Å². The van der Waals surface area contributed by atoms with Gasteiger partial charge in [0.05, 0.1) is 13.1 Å². The molecule has 8 nitrogen and oxygen atoms in total. The van der Waals surface area contributed by atoms with Crippen molar-refractivity contribution < 1.29 is 14.1 Å². The van der Waals surface area contributed by atoms with Crippen LogP contribution in [0.5, 0.6) is 5.75 Å². The molecule has 2 aromatic heterocycles. The lowest BCUT2D eigenvalue weighted by Crippen LogP contribution is -2.56. The number of aromatic amines is 1. The zero-order chi connectivity index (χ0) is 20.5. The lowest BCUT2D eigenvalue weighted by molar-refractivity contribution is 0.0173. The zero-order valence-corrected chi connectivity index (χ0v) is 16.3. The number of ether oxygens (including phenoxy) is 1. The Morgan fingerprint density at radius 1 is 1.10 bits per heavy atom. The number of nitrogens with zero attached hydrogens (tertiary/aromatic N) is 4. The molecular weight excluding hydrogens is 382 g/mol. The monoisotopic (exact) mass is 401 g/mol. The highest BCUT2D eigenvalue weighted by Crippen LogP contribution is 2.27. The van der Waals surface area contributed by atoms with Gasteiger partial charge in [0, 0.05) is 16.8 Å². The van der Waals surface area contributed by atoms with Crippen molar-refractivity contribution in [1.82, 2.24) is 25.2 Å². The standard InChI is InChI=1S/C22H19N5O3/c1-14-10-19(25-24-14)22(28)27-12-18(13-27)29-17-9-5-8-16(11-17)21-23-20(26-30-21)15-6-3-2-4-7-15/h2-11,18H,12-13H2,1H3,(H,24,25). The summed E-state index contributed by atoms with van der Waals surface area (Å²) >= 11 is 0. The van der Waals surface area contributed by atoms with Gasteiger partial charge in [0.25, 0.3) is 11.8 Å². The summed E-state index contributed by atoms with van der Waals surface area (Å²) in [5.41, 5.74) is 2.96. The molecule has 1 aliphatic rings. The van der Waals surface area contributed by atoms with E-state index in [4.69, 9.17) is 9.26 Å². The maximum atomic E-state index is 12.4. The summed E-state index contributed by atoms with van der Waals surface area (Å²) in [6.07, 6.45) is -0.0631. The average Bonchev–Trinajstić information content (AvgIpc) is 3.40. The molecule has 5 rings (SSSR count). The van der Waals surface area contributed by atoms with Gasteiger partial charge in [0.15, 0.2) is 0 Å². The molecule has 8 heteroatoms. The van der Waals surface area contributed by atoms with Gasteiger partial charge in [-0.15, -0.1) is 0 Å². The first kappa shape index (κ1) is 18.1. The topological polar surface area (TPSA) is 97.1 Å². The summed E-state index contributed by atoms with van der Waals surface area (Å²) in [7, 11) is 0. The van der Waals surface area contributed by atoms with Crippen molar-refractivity contribution in [3.63, 3.8) is 0 Å². The van der Waals surface area contributed by atoms with Crippen molar-refractivity contribution >= 4 is 5.91 Å². The average molecular weight is 401 g/mol. The van der Waals surface area contributed by atoms with E-state index in [0.717, 1.165) is 16.8 Å². The highest BCUT2D eigenvalue weighted by atomic mass is 16.5. The highest BCUT2D eigenvalue weighted by molar-refractivity contribution is 5.93. The van der Waals surface area contributed by atoms with Crippen molar-refractivity contribution in [2.75, 3.05) is 13.1 Å². The predicted octanol–water partition coefficient (Wildman–Crippen LogP) is 3.34. The van der Waals surface area contributed by atoms with Crippen molar-refractivity contribution in [3.8, 4) is 28.6 Å². The van der Waals surface area contributed by atoms with E-state index in [1.165, 1.54) is 0 Å². The number of aromatic nitrogens is 4. The summed E-state index contributed by atoms with van der Waals surface area (Å²) in [6.45, 7) is 2.91. The van der Waals surface area contributed by atoms with Crippen LogP contribution in [-0.2, 0) is 0 Å². The van der Waals surface area contributed by atoms with Crippen LogP contribution < -0.4 is 4.74 Å². The number of aryl methyl sites for hydroxylation is 1. The van der Waals surface area contributed by atoms with E-state index in [0.29, 0.717) is 36.2 Å². The van der Waals surface area contributed by atoms with Gasteiger partial charge in [-0.2, -0.15) is 10.1 Å². The van der Waals surface area contributed by atoms with Gasteiger partial charge in [-0.05, 0) is 31.2 Å². The fraction of sp³-hybridized carbons (Fsp3) is 0.182. The first-order valence-electron chi connectivity index (χ1n) is 9.63. The molecule has 3 heterocycles. The molecule has 2 aromatic carbocycles. The predicted molar refractivity (Wildman–Crippen MR) is 109 cm³/mol. The molecule has 1 saturated heterocycles. The molecule has 150 valence electrons. The Hall–Kier alpha value is -3.94. The van der Waals surface area contributed by atoms with Gasteiger partial charge in [-0.25, -0.2) is 0 Å². The van der Waals surface area contributed by atoms with Gasteiger partial charge < -0.3 is 14.2 Å². The van der Waals surface area contributed by atoms with E-state index in [9.17, 15) is 4.79 Å². The second kappa shape index (κ2) is 7.47. The smallest absolute Gasteiger partial charge is 0.274 e. The molecule has 4 aromatic rings. The second-order valence-electron chi connectivity index (χ2n) is 7.20. The normalized spacial score (nSPS) is 13.8. The molecule has 0 atom stereocenters. The van der Waals surface area contributed by atoms with Gasteiger partial charge in [-0.3, -0.25) is 9.89 Å². The molecule has 1 N–H and O–H groups in total. The molecular formula is C22H19N5O3. The minimum absolute atomic E-state index is 0.0631. The van der Waals surface area contributed by atoms with E-state index < -0.39 is 0 Å². The summed E-state index contributed by atoms with van der Waals surface area (Å²) in [5.74, 6) is 1.57. The fourth-order valence-corrected chi connectivity index (χ4v) is 3.31. The van der Waals surface area contributed by atoms with Crippen LogP contribution in [0.25, 0.3) is 22.8 Å². The van der Waals surface area contributed by atoms with E-state index in [1.807, 2.05) is 61.5 Å². The summed E-state index contributed by atoms with van der Waals surface area (Å²) in [5, 5.41) is 10.9. The Bertz CT molecular complexity index is 1180. The number of rotatable bonds is 5. The Morgan fingerprint density at radius 3 is 2.67 bits per heavy atom. The summed E-state index contributed by atoms with van der Waals surface area (Å²) in [4.78, 5) is 18.6. The van der Waals surface area contributed by atoms with E-state index >= 15 is 0 Å². The lowest BCUT2D eigenvalue weighted by Gasteiger charge is -2.38. The SMILES string of the molecule is Cc1cc(C(=O)N2CC(Oc3cccc(-c4nc(-c5ccccc5)no4)c3)C2)n[nH]1. The van der Waals surface area contributed by atoms with Gasteiger partial charge in [0.1, 0.15) is 17.5 Å². The Labute approximate surface area is 172 Å². The summed E-state index contributed by atoms with van der Waals surface area (Å²) in [6, 6.07) is 18.9. The number of amides is 1. The number of hydrogen-bond acceptors (Lipinski definition) is 6. The van der Waals surface area contributed by atoms with Crippen molar-refractivity contribution in [2.24, 2.45) is 0 Å². The molecule has 1 amide bonds. The maximum absolute atomic E-state index is 12.4. The van der Waals surface area contributed by atoms with Gasteiger partial charge in [-0.1, -0.05) is 41.6 Å². The first-order valence-corrected chi connectivity index (χ1v) is 9.63. The van der Waals surface area contributed by atoms with Gasteiger partial charge >= 0.3 is 0 Å². The number of nitrogens with one attached hydrogen (secondary N) is 1. The number of carbonyl (C=O) groups is 1. The Morgan fingerprint density at radius 2 is 1.90 bits per heavy atom. The number of H-pyrrole nitrogens is 1. The molecule has 0 saturated carbocycles.